The number of benzene rings is 2. The molecular formula is C25H25NO4S. The molecule has 0 spiro atoms. The van der Waals surface area contributed by atoms with Gasteiger partial charge < -0.3 is 14.1 Å². The van der Waals surface area contributed by atoms with E-state index in [0.29, 0.717) is 37.4 Å². The van der Waals surface area contributed by atoms with Gasteiger partial charge in [0, 0.05) is 29.3 Å². The number of esters is 1. The number of carbonyl (C=O) groups excluding carboxylic acids is 2. The summed E-state index contributed by atoms with van der Waals surface area (Å²) in [5.41, 5.74) is 1.10. The van der Waals surface area contributed by atoms with Crippen LogP contribution in [0.4, 0.5) is 0 Å². The number of piperidine rings is 1. The van der Waals surface area contributed by atoms with Gasteiger partial charge in [0.1, 0.15) is 0 Å². The smallest absolute Gasteiger partial charge is 0.316 e. The Morgan fingerprint density at radius 2 is 1.65 bits per heavy atom. The predicted molar refractivity (Wildman–Crippen MR) is 120 cm³/mol. The molecule has 0 unspecified atom stereocenters. The number of carbonyl (C=O) groups is 2. The van der Waals surface area contributed by atoms with Crippen LogP contribution in [0.1, 0.15) is 34.5 Å². The Kier molecular flexibility index (Phi) is 6.47. The third-order valence-electron chi connectivity index (χ3n) is 5.89. The largest absolute Gasteiger partial charge is 0.468 e. The van der Waals surface area contributed by atoms with Crippen molar-refractivity contribution in [2.24, 2.45) is 0 Å². The van der Waals surface area contributed by atoms with Gasteiger partial charge in [-0.25, -0.2) is 0 Å². The van der Waals surface area contributed by atoms with Crippen LogP contribution in [0.3, 0.4) is 0 Å². The monoisotopic (exact) mass is 435 g/mol. The lowest BCUT2D eigenvalue weighted by Crippen LogP contribution is -2.49. The molecule has 160 valence electrons. The van der Waals surface area contributed by atoms with E-state index in [0.717, 1.165) is 16.0 Å². The second kappa shape index (κ2) is 9.43. The standard InChI is InChI=1S/C25H25NO4S/c1-29-24(28)25(20-8-4-2-5-9-20)13-15-26(16-14-25)23(27)22-19(12-17-30-22)18-31-21-10-6-3-7-11-21/h2-12,17H,13-16,18H2,1H3. The zero-order valence-electron chi connectivity index (χ0n) is 17.5. The van der Waals surface area contributed by atoms with E-state index in [-0.39, 0.29) is 11.9 Å². The van der Waals surface area contributed by atoms with Crippen molar-refractivity contribution in [2.75, 3.05) is 20.2 Å². The first-order valence-electron chi connectivity index (χ1n) is 10.3. The summed E-state index contributed by atoms with van der Waals surface area (Å²) in [6.07, 6.45) is 2.61. The van der Waals surface area contributed by atoms with Gasteiger partial charge in [-0.15, -0.1) is 11.8 Å². The van der Waals surface area contributed by atoms with Crippen molar-refractivity contribution < 1.29 is 18.7 Å². The van der Waals surface area contributed by atoms with Crippen LogP contribution in [0.25, 0.3) is 0 Å². The van der Waals surface area contributed by atoms with E-state index in [1.54, 1.807) is 22.9 Å². The lowest BCUT2D eigenvalue weighted by atomic mass is 9.72. The molecule has 0 atom stereocenters. The van der Waals surface area contributed by atoms with Gasteiger partial charge in [0.2, 0.25) is 0 Å². The average Bonchev–Trinajstić information content (AvgIpc) is 3.31. The number of hydrogen-bond acceptors (Lipinski definition) is 5. The second-order valence-electron chi connectivity index (χ2n) is 7.61. The third kappa shape index (κ3) is 4.39. The van der Waals surface area contributed by atoms with Crippen molar-refractivity contribution >= 4 is 23.6 Å². The third-order valence-corrected chi connectivity index (χ3v) is 6.95. The van der Waals surface area contributed by atoms with E-state index < -0.39 is 5.41 Å². The Labute approximate surface area is 186 Å². The fourth-order valence-electron chi connectivity index (χ4n) is 4.11. The number of hydrogen-bond donors (Lipinski definition) is 0. The molecular weight excluding hydrogens is 410 g/mol. The van der Waals surface area contributed by atoms with Gasteiger partial charge in [0.25, 0.3) is 5.91 Å². The summed E-state index contributed by atoms with van der Waals surface area (Å²) in [4.78, 5) is 28.8. The van der Waals surface area contributed by atoms with Gasteiger partial charge in [-0.05, 0) is 36.6 Å². The molecule has 5 nitrogen and oxygen atoms in total. The topological polar surface area (TPSA) is 59.8 Å². The summed E-state index contributed by atoms with van der Waals surface area (Å²) >= 11 is 1.67. The summed E-state index contributed by atoms with van der Waals surface area (Å²) in [5.74, 6) is 0.670. The van der Waals surface area contributed by atoms with E-state index in [1.807, 2.05) is 66.7 Å². The molecule has 0 aliphatic carbocycles. The molecule has 2 heterocycles. The molecule has 1 saturated heterocycles. The molecule has 4 rings (SSSR count). The SMILES string of the molecule is COC(=O)C1(c2ccccc2)CCN(C(=O)c2occc2CSc2ccccc2)CC1. The predicted octanol–water partition coefficient (Wildman–Crippen LogP) is 4.92. The maximum atomic E-state index is 13.2. The fourth-order valence-corrected chi connectivity index (χ4v) is 5.01. The highest BCUT2D eigenvalue weighted by Gasteiger charge is 2.45. The van der Waals surface area contributed by atoms with Crippen LogP contribution >= 0.6 is 11.8 Å². The van der Waals surface area contributed by atoms with Gasteiger partial charge in [-0.2, -0.15) is 0 Å². The maximum absolute atomic E-state index is 13.2. The van der Waals surface area contributed by atoms with Crippen LogP contribution in [0.15, 0.2) is 82.3 Å². The van der Waals surface area contributed by atoms with E-state index in [2.05, 4.69) is 0 Å². The number of methoxy groups -OCH3 is 1. The summed E-state index contributed by atoms with van der Waals surface area (Å²) < 4.78 is 10.7. The number of thioether (sulfide) groups is 1. The molecule has 3 aromatic rings. The molecule has 1 amide bonds. The second-order valence-corrected chi connectivity index (χ2v) is 8.66. The Balaban J connectivity index is 1.46. The molecule has 0 radical (unpaired) electrons. The van der Waals surface area contributed by atoms with Crippen molar-refractivity contribution in [3.8, 4) is 0 Å². The normalized spacial score (nSPS) is 15.5. The average molecular weight is 436 g/mol. The number of amides is 1. The molecule has 2 aromatic carbocycles. The minimum absolute atomic E-state index is 0.125. The Bertz CT molecular complexity index is 1020. The quantitative estimate of drug-likeness (QED) is 0.406. The van der Waals surface area contributed by atoms with Crippen LogP contribution in [-0.2, 0) is 20.7 Å². The molecule has 0 bridgehead atoms. The lowest BCUT2D eigenvalue weighted by molar-refractivity contribution is -0.149. The van der Waals surface area contributed by atoms with Crippen molar-refractivity contribution in [1.82, 2.24) is 4.90 Å². The van der Waals surface area contributed by atoms with Gasteiger partial charge in [0.05, 0.1) is 18.8 Å². The highest BCUT2D eigenvalue weighted by Crippen LogP contribution is 2.37. The molecule has 1 aliphatic rings. The lowest BCUT2D eigenvalue weighted by Gasteiger charge is -2.39. The minimum Gasteiger partial charge on any atom is -0.468 e. The van der Waals surface area contributed by atoms with Gasteiger partial charge in [-0.3, -0.25) is 9.59 Å². The van der Waals surface area contributed by atoms with Crippen LogP contribution < -0.4 is 0 Å². The molecule has 0 saturated carbocycles. The van der Waals surface area contributed by atoms with Gasteiger partial charge in [-0.1, -0.05) is 48.5 Å². The highest BCUT2D eigenvalue weighted by atomic mass is 32.2. The minimum atomic E-state index is -0.720. The number of furan rings is 1. The van der Waals surface area contributed by atoms with E-state index in [9.17, 15) is 9.59 Å². The van der Waals surface area contributed by atoms with E-state index >= 15 is 0 Å². The van der Waals surface area contributed by atoms with E-state index in [4.69, 9.17) is 9.15 Å². The van der Waals surface area contributed by atoms with Crippen molar-refractivity contribution in [3.05, 3.63) is 89.9 Å². The van der Waals surface area contributed by atoms with Crippen molar-refractivity contribution in [1.29, 1.82) is 0 Å². The Hall–Kier alpha value is -2.99. The molecule has 1 aromatic heterocycles. The first-order valence-corrected chi connectivity index (χ1v) is 11.3. The van der Waals surface area contributed by atoms with Gasteiger partial charge in [0.15, 0.2) is 5.76 Å². The van der Waals surface area contributed by atoms with Crippen molar-refractivity contribution in [2.45, 2.75) is 28.9 Å². The highest BCUT2D eigenvalue weighted by molar-refractivity contribution is 7.98. The number of ether oxygens (including phenoxy) is 1. The molecule has 1 fully saturated rings. The number of rotatable bonds is 6. The van der Waals surface area contributed by atoms with Gasteiger partial charge >= 0.3 is 5.97 Å². The molecule has 1 aliphatic heterocycles. The zero-order valence-corrected chi connectivity index (χ0v) is 18.3. The summed E-state index contributed by atoms with van der Waals surface area (Å²) in [5, 5.41) is 0. The van der Waals surface area contributed by atoms with E-state index in [1.165, 1.54) is 7.11 Å². The van der Waals surface area contributed by atoms with Crippen LogP contribution in [0.5, 0.6) is 0 Å². The Morgan fingerprint density at radius 1 is 1.00 bits per heavy atom. The zero-order chi connectivity index (χ0) is 21.7. The molecule has 0 N–H and O–H groups in total. The first-order chi connectivity index (χ1) is 15.1. The Morgan fingerprint density at radius 3 is 2.29 bits per heavy atom. The molecule has 31 heavy (non-hydrogen) atoms. The number of likely N-dealkylation sites (tertiary alicyclic amines) is 1. The summed E-state index contributed by atoms with van der Waals surface area (Å²) in [6.45, 7) is 0.934. The summed E-state index contributed by atoms with van der Waals surface area (Å²) in [6, 6.07) is 21.6. The first kappa shape index (κ1) is 21.2. The van der Waals surface area contributed by atoms with Crippen LogP contribution in [0, 0.1) is 0 Å². The van der Waals surface area contributed by atoms with Crippen LogP contribution in [-0.4, -0.2) is 37.0 Å². The van der Waals surface area contributed by atoms with Crippen LogP contribution in [0.2, 0.25) is 0 Å². The maximum Gasteiger partial charge on any atom is 0.316 e. The fraction of sp³-hybridized carbons (Fsp3) is 0.280. The summed E-state index contributed by atoms with van der Waals surface area (Å²) in [7, 11) is 1.42. The molecule has 6 heteroatoms. The number of nitrogens with zero attached hydrogens (tertiary/aromatic N) is 1. The van der Waals surface area contributed by atoms with Crippen molar-refractivity contribution in [3.63, 3.8) is 0 Å².